The minimum Gasteiger partial charge on any atom is -0.376 e. The first-order chi connectivity index (χ1) is 14.1. The van der Waals surface area contributed by atoms with Gasteiger partial charge in [0.1, 0.15) is 0 Å². The van der Waals surface area contributed by atoms with Crippen LogP contribution >= 0.6 is 23.1 Å². The summed E-state index contributed by atoms with van der Waals surface area (Å²) in [6.45, 7) is 5.62. The van der Waals surface area contributed by atoms with E-state index in [0.717, 1.165) is 47.2 Å². The molecule has 1 aliphatic rings. The molecule has 0 bridgehead atoms. The summed E-state index contributed by atoms with van der Waals surface area (Å²) in [6, 6.07) is 9.91. The largest absolute Gasteiger partial charge is 0.376 e. The van der Waals surface area contributed by atoms with Crippen molar-refractivity contribution in [1.29, 1.82) is 0 Å². The van der Waals surface area contributed by atoms with Gasteiger partial charge in [0.05, 0.1) is 18.4 Å². The highest BCUT2D eigenvalue weighted by atomic mass is 32.2. The van der Waals surface area contributed by atoms with Crippen molar-refractivity contribution in [2.24, 2.45) is 0 Å². The van der Waals surface area contributed by atoms with Crippen molar-refractivity contribution in [2.75, 3.05) is 17.7 Å². The van der Waals surface area contributed by atoms with E-state index in [-0.39, 0.29) is 17.8 Å². The Morgan fingerprint density at radius 1 is 1.31 bits per heavy atom. The molecule has 1 amide bonds. The Morgan fingerprint density at radius 3 is 2.83 bits per heavy atom. The molecular weight excluding hydrogens is 404 g/mol. The molecule has 8 heteroatoms. The molecule has 1 aromatic carbocycles. The van der Waals surface area contributed by atoms with Crippen LogP contribution in [-0.4, -0.2) is 39.1 Å². The quantitative estimate of drug-likeness (QED) is 0.560. The number of thioether (sulfide) groups is 1. The number of thiophene rings is 1. The molecule has 1 atom stereocenters. The second-order valence-corrected chi connectivity index (χ2v) is 9.26. The van der Waals surface area contributed by atoms with Crippen molar-refractivity contribution in [3.05, 3.63) is 46.2 Å². The summed E-state index contributed by atoms with van der Waals surface area (Å²) in [5.74, 6) is 1.06. The number of carbonyl (C=O) groups is 1. The lowest BCUT2D eigenvalue weighted by molar-refractivity contribution is -0.113. The Labute approximate surface area is 178 Å². The number of nitrogens with zero attached hydrogens (tertiary/aromatic N) is 3. The van der Waals surface area contributed by atoms with Crippen LogP contribution in [0, 0.1) is 13.8 Å². The van der Waals surface area contributed by atoms with Gasteiger partial charge >= 0.3 is 0 Å². The molecule has 1 fully saturated rings. The summed E-state index contributed by atoms with van der Waals surface area (Å²) < 4.78 is 7.93. The summed E-state index contributed by atoms with van der Waals surface area (Å²) in [7, 11) is 0. The van der Waals surface area contributed by atoms with Crippen LogP contribution < -0.4 is 5.32 Å². The van der Waals surface area contributed by atoms with Gasteiger partial charge in [0.25, 0.3) is 0 Å². The second kappa shape index (κ2) is 9.11. The molecule has 3 aromatic rings. The van der Waals surface area contributed by atoms with E-state index in [9.17, 15) is 4.79 Å². The molecule has 0 radical (unpaired) electrons. The Hall–Kier alpha value is -2.16. The third kappa shape index (κ3) is 5.07. The maximum absolute atomic E-state index is 12.4. The van der Waals surface area contributed by atoms with Crippen molar-refractivity contribution < 1.29 is 9.53 Å². The smallest absolute Gasteiger partial charge is 0.234 e. The van der Waals surface area contributed by atoms with Gasteiger partial charge in [-0.2, -0.15) is 0 Å². The lowest BCUT2D eigenvalue weighted by atomic mass is 10.2. The van der Waals surface area contributed by atoms with Crippen molar-refractivity contribution >= 4 is 34.7 Å². The van der Waals surface area contributed by atoms with Crippen molar-refractivity contribution in [1.82, 2.24) is 14.8 Å². The van der Waals surface area contributed by atoms with Crippen LogP contribution in [0.4, 0.5) is 5.69 Å². The van der Waals surface area contributed by atoms with Gasteiger partial charge in [-0.1, -0.05) is 29.5 Å². The van der Waals surface area contributed by atoms with E-state index in [0.29, 0.717) is 6.54 Å². The maximum atomic E-state index is 12.4. The van der Waals surface area contributed by atoms with Gasteiger partial charge in [-0.15, -0.1) is 21.5 Å². The fourth-order valence-electron chi connectivity index (χ4n) is 3.29. The number of nitrogens with one attached hydrogen (secondary N) is 1. The number of rotatable bonds is 7. The van der Waals surface area contributed by atoms with E-state index < -0.39 is 0 Å². The zero-order valence-corrected chi connectivity index (χ0v) is 18.2. The highest BCUT2D eigenvalue weighted by Gasteiger charge is 2.22. The number of hydrogen-bond donors (Lipinski definition) is 1. The van der Waals surface area contributed by atoms with Crippen molar-refractivity contribution in [3.63, 3.8) is 0 Å². The molecule has 4 rings (SSSR count). The van der Waals surface area contributed by atoms with Crippen LogP contribution in [0.3, 0.4) is 0 Å². The zero-order valence-electron chi connectivity index (χ0n) is 16.6. The van der Waals surface area contributed by atoms with Crippen LogP contribution in [-0.2, 0) is 16.1 Å². The van der Waals surface area contributed by atoms with E-state index in [2.05, 4.69) is 38.5 Å². The molecule has 3 heterocycles. The predicted octanol–water partition coefficient (Wildman–Crippen LogP) is 4.53. The predicted molar refractivity (Wildman–Crippen MR) is 118 cm³/mol. The number of hydrogen-bond acceptors (Lipinski definition) is 6. The number of ether oxygens (including phenoxy) is 1. The van der Waals surface area contributed by atoms with Crippen molar-refractivity contribution in [3.8, 4) is 11.4 Å². The number of benzene rings is 1. The molecule has 1 aliphatic heterocycles. The Bertz CT molecular complexity index is 975. The Morgan fingerprint density at radius 2 is 2.14 bits per heavy atom. The first-order valence-electron chi connectivity index (χ1n) is 9.68. The molecule has 29 heavy (non-hydrogen) atoms. The summed E-state index contributed by atoms with van der Waals surface area (Å²) in [6.07, 6.45) is 2.30. The number of amides is 1. The number of anilines is 1. The third-order valence-electron chi connectivity index (χ3n) is 4.78. The van der Waals surface area contributed by atoms with Gasteiger partial charge in [-0.05, 0) is 44.9 Å². The van der Waals surface area contributed by atoms with Crippen LogP contribution in [0.2, 0.25) is 0 Å². The van der Waals surface area contributed by atoms with Crippen LogP contribution in [0.25, 0.3) is 11.4 Å². The topological polar surface area (TPSA) is 69.0 Å². The molecule has 0 spiro atoms. The first-order valence-corrected chi connectivity index (χ1v) is 11.5. The fourth-order valence-corrected chi connectivity index (χ4v) is 4.72. The summed E-state index contributed by atoms with van der Waals surface area (Å²) in [4.78, 5) is 13.6. The van der Waals surface area contributed by atoms with Gasteiger partial charge < -0.3 is 10.1 Å². The summed E-state index contributed by atoms with van der Waals surface area (Å²) in [5.41, 5.74) is 3.03. The molecule has 6 nitrogen and oxygen atoms in total. The molecule has 1 saturated heterocycles. The first kappa shape index (κ1) is 20.1. The minimum absolute atomic E-state index is 0.0570. The second-order valence-electron chi connectivity index (χ2n) is 7.20. The SMILES string of the molecule is Cc1ccc(NC(=O)CSc2nnc(-c3csc(C)c3)n2CC2CCCO2)cc1. The van der Waals surface area contributed by atoms with Crippen molar-refractivity contribution in [2.45, 2.75) is 44.5 Å². The third-order valence-corrected chi connectivity index (χ3v) is 6.61. The minimum atomic E-state index is -0.0570. The number of aryl methyl sites for hydroxylation is 2. The molecule has 1 N–H and O–H groups in total. The average Bonchev–Trinajstić information content (AvgIpc) is 3.44. The fraction of sp³-hybridized carbons (Fsp3) is 0.381. The summed E-state index contributed by atoms with van der Waals surface area (Å²) >= 11 is 3.11. The monoisotopic (exact) mass is 428 g/mol. The van der Waals surface area contributed by atoms with Gasteiger partial charge in [-0.25, -0.2) is 0 Å². The lowest BCUT2D eigenvalue weighted by Crippen LogP contribution is -2.18. The zero-order chi connectivity index (χ0) is 20.2. The average molecular weight is 429 g/mol. The van der Waals surface area contributed by atoms with E-state index in [4.69, 9.17) is 4.74 Å². The number of carbonyl (C=O) groups excluding carboxylic acids is 1. The van der Waals surface area contributed by atoms with Gasteiger partial charge in [0.2, 0.25) is 5.91 Å². The molecule has 0 aliphatic carbocycles. The van der Waals surface area contributed by atoms with Gasteiger partial charge in [-0.3, -0.25) is 9.36 Å². The van der Waals surface area contributed by atoms with E-state index in [1.807, 2.05) is 31.2 Å². The van der Waals surface area contributed by atoms with Gasteiger partial charge in [0, 0.05) is 28.1 Å². The maximum Gasteiger partial charge on any atom is 0.234 e. The Balaban J connectivity index is 1.47. The van der Waals surface area contributed by atoms with Crippen LogP contribution in [0.1, 0.15) is 23.3 Å². The molecular formula is C21H24N4O2S2. The summed E-state index contributed by atoms with van der Waals surface area (Å²) in [5, 5.41) is 14.6. The molecule has 152 valence electrons. The molecule has 0 saturated carbocycles. The normalized spacial score (nSPS) is 16.3. The van der Waals surface area contributed by atoms with E-state index >= 15 is 0 Å². The van der Waals surface area contributed by atoms with E-state index in [1.165, 1.54) is 16.6 Å². The highest BCUT2D eigenvalue weighted by Crippen LogP contribution is 2.29. The molecule has 1 unspecified atom stereocenters. The van der Waals surface area contributed by atoms with Crippen LogP contribution in [0.15, 0.2) is 40.9 Å². The van der Waals surface area contributed by atoms with E-state index in [1.54, 1.807) is 11.3 Å². The van der Waals surface area contributed by atoms with Gasteiger partial charge in [0.15, 0.2) is 11.0 Å². The lowest BCUT2D eigenvalue weighted by Gasteiger charge is -2.14. The standard InChI is InChI=1S/C21H24N4O2S2/c1-14-5-7-17(8-6-14)22-19(26)13-29-21-24-23-20(16-10-15(2)28-12-16)25(21)11-18-4-3-9-27-18/h5-8,10,12,18H,3-4,9,11,13H2,1-2H3,(H,22,26). The van der Waals surface area contributed by atoms with Crippen LogP contribution in [0.5, 0.6) is 0 Å². The highest BCUT2D eigenvalue weighted by molar-refractivity contribution is 7.99. The Kier molecular flexibility index (Phi) is 6.32. The number of aromatic nitrogens is 3. The molecule has 2 aromatic heterocycles.